The van der Waals surface area contributed by atoms with Crippen LogP contribution in [0.2, 0.25) is 0 Å². The van der Waals surface area contributed by atoms with Gasteiger partial charge in [-0.2, -0.15) is 0 Å². The topological polar surface area (TPSA) is 21.3 Å². The van der Waals surface area contributed by atoms with E-state index in [4.69, 9.17) is 4.74 Å². The van der Waals surface area contributed by atoms with Crippen LogP contribution in [-0.4, -0.2) is 25.5 Å². The summed E-state index contributed by atoms with van der Waals surface area (Å²) in [7, 11) is 1.97. The molecule has 0 heterocycles. The first kappa shape index (κ1) is 13.6. The van der Waals surface area contributed by atoms with Crippen molar-refractivity contribution in [2.24, 2.45) is 0 Å². The summed E-state index contributed by atoms with van der Waals surface area (Å²) < 4.78 is 5.51. The molecule has 0 saturated carbocycles. The number of hydrogen-bond acceptors (Lipinski definition) is 3. The van der Waals surface area contributed by atoms with Crippen LogP contribution in [0.25, 0.3) is 0 Å². The van der Waals surface area contributed by atoms with Gasteiger partial charge in [-0.25, -0.2) is 0 Å². The van der Waals surface area contributed by atoms with Gasteiger partial charge in [0.15, 0.2) is 0 Å². The van der Waals surface area contributed by atoms with Crippen molar-refractivity contribution >= 4 is 11.8 Å². The second-order valence-corrected chi connectivity index (χ2v) is 5.11. The number of ether oxygens (including phenoxy) is 1. The first-order valence-corrected chi connectivity index (χ1v) is 6.69. The van der Waals surface area contributed by atoms with Crippen LogP contribution in [0.5, 0.6) is 0 Å². The summed E-state index contributed by atoms with van der Waals surface area (Å²) in [6, 6.07) is 8.64. The van der Waals surface area contributed by atoms with Gasteiger partial charge in [0, 0.05) is 17.2 Å². The molecule has 0 spiro atoms. The van der Waals surface area contributed by atoms with Crippen LogP contribution in [-0.2, 0) is 11.3 Å². The van der Waals surface area contributed by atoms with Gasteiger partial charge in [-0.05, 0) is 38.6 Å². The van der Waals surface area contributed by atoms with Gasteiger partial charge >= 0.3 is 0 Å². The summed E-state index contributed by atoms with van der Waals surface area (Å²) in [6.07, 6.45) is 0.330. The van der Waals surface area contributed by atoms with E-state index < -0.39 is 0 Å². The Kier molecular flexibility index (Phi) is 6.53. The first-order chi connectivity index (χ1) is 7.72. The Bertz CT molecular complexity index is 302. The fourth-order valence-electron chi connectivity index (χ4n) is 1.39. The van der Waals surface area contributed by atoms with Crippen molar-refractivity contribution in [3.05, 3.63) is 29.8 Å². The van der Waals surface area contributed by atoms with Crippen LogP contribution in [0.4, 0.5) is 0 Å². The summed E-state index contributed by atoms with van der Waals surface area (Å²) in [5.74, 6) is 1.02. The van der Waals surface area contributed by atoms with Crippen LogP contribution < -0.4 is 5.32 Å². The minimum Gasteiger partial charge on any atom is -0.378 e. The average Bonchev–Trinajstić information content (AvgIpc) is 2.25. The number of nitrogens with one attached hydrogen (secondary N) is 1. The van der Waals surface area contributed by atoms with E-state index in [1.54, 1.807) is 0 Å². The van der Waals surface area contributed by atoms with Crippen LogP contribution in [0.1, 0.15) is 19.4 Å². The monoisotopic (exact) mass is 239 g/mol. The molecule has 90 valence electrons. The fraction of sp³-hybridized carbons (Fsp3) is 0.538. The van der Waals surface area contributed by atoms with E-state index in [1.807, 2.05) is 18.8 Å². The molecule has 1 rings (SSSR count). The van der Waals surface area contributed by atoms with Gasteiger partial charge < -0.3 is 10.1 Å². The molecular weight excluding hydrogens is 218 g/mol. The Balaban J connectivity index is 2.33. The third-order valence-corrected chi connectivity index (χ3v) is 3.04. The van der Waals surface area contributed by atoms with Crippen molar-refractivity contribution in [1.29, 1.82) is 0 Å². The van der Waals surface area contributed by atoms with Crippen molar-refractivity contribution in [2.45, 2.75) is 31.4 Å². The van der Waals surface area contributed by atoms with Crippen molar-refractivity contribution in [3.63, 3.8) is 0 Å². The quantitative estimate of drug-likeness (QED) is 0.584. The van der Waals surface area contributed by atoms with E-state index in [-0.39, 0.29) is 0 Å². The molecule has 3 heteroatoms. The summed E-state index contributed by atoms with van der Waals surface area (Å²) in [5.41, 5.74) is 1.33. The maximum atomic E-state index is 5.51. The van der Waals surface area contributed by atoms with Gasteiger partial charge in [0.05, 0.1) is 12.7 Å². The molecule has 1 aromatic rings. The lowest BCUT2D eigenvalue weighted by Gasteiger charge is -2.07. The molecule has 0 saturated heterocycles. The number of hydrogen-bond donors (Lipinski definition) is 1. The molecule has 0 aliphatic heterocycles. The number of rotatable bonds is 7. The highest BCUT2D eigenvalue weighted by Crippen LogP contribution is 2.19. The Morgan fingerprint density at radius 2 is 2.19 bits per heavy atom. The highest BCUT2D eigenvalue weighted by atomic mass is 32.2. The van der Waals surface area contributed by atoms with E-state index in [0.717, 1.165) is 18.9 Å². The van der Waals surface area contributed by atoms with Crippen molar-refractivity contribution < 1.29 is 4.74 Å². The highest BCUT2D eigenvalue weighted by molar-refractivity contribution is 7.99. The predicted octanol–water partition coefficient (Wildman–Crippen LogP) is 2.92. The molecule has 0 unspecified atom stereocenters. The maximum absolute atomic E-state index is 5.51. The molecule has 0 aliphatic carbocycles. The van der Waals surface area contributed by atoms with Gasteiger partial charge in [-0.1, -0.05) is 12.1 Å². The Labute approximate surface area is 103 Å². The van der Waals surface area contributed by atoms with Gasteiger partial charge in [0.2, 0.25) is 0 Å². The lowest BCUT2D eigenvalue weighted by atomic mass is 10.2. The third-order valence-electron chi connectivity index (χ3n) is 2.08. The largest absolute Gasteiger partial charge is 0.378 e. The maximum Gasteiger partial charge on any atom is 0.0563 e. The van der Waals surface area contributed by atoms with Crippen LogP contribution in [0, 0.1) is 0 Å². The normalized spacial score (nSPS) is 11.0. The second-order valence-electron chi connectivity index (χ2n) is 3.95. The molecule has 0 aliphatic rings. The van der Waals surface area contributed by atoms with E-state index in [0.29, 0.717) is 6.10 Å². The second kappa shape index (κ2) is 7.71. The molecule has 16 heavy (non-hydrogen) atoms. The third kappa shape index (κ3) is 5.54. The van der Waals surface area contributed by atoms with E-state index in [9.17, 15) is 0 Å². The van der Waals surface area contributed by atoms with Crippen LogP contribution >= 0.6 is 11.8 Å². The van der Waals surface area contributed by atoms with Gasteiger partial charge in [-0.15, -0.1) is 11.8 Å². The molecule has 1 N–H and O–H groups in total. The molecule has 0 radical (unpaired) electrons. The summed E-state index contributed by atoms with van der Waals surface area (Å²) >= 11 is 1.85. The van der Waals surface area contributed by atoms with Crippen molar-refractivity contribution in [2.75, 3.05) is 19.4 Å². The zero-order valence-corrected chi connectivity index (χ0v) is 11.1. The predicted molar refractivity (Wildman–Crippen MR) is 71.0 cm³/mol. The zero-order valence-electron chi connectivity index (χ0n) is 10.3. The summed E-state index contributed by atoms with van der Waals surface area (Å²) in [4.78, 5) is 1.32. The van der Waals surface area contributed by atoms with Gasteiger partial charge in [-0.3, -0.25) is 0 Å². The Morgan fingerprint density at radius 3 is 2.88 bits per heavy atom. The summed E-state index contributed by atoms with van der Waals surface area (Å²) in [5, 5.41) is 3.16. The minimum atomic E-state index is 0.330. The van der Waals surface area contributed by atoms with Crippen LogP contribution in [0.15, 0.2) is 29.2 Å². The molecular formula is C13H21NOS. The molecule has 0 bridgehead atoms. The molecule has 0 atom stereocenters. The SMILES string of the molecule is CNCc1cccc(SCCOC(C)C)c1. The van der Waals surface area contributed by atoms with E-state index >= 15 is 0 Å². The highest BCUT2D eigenvalue weighted by Gasteiger charge is 1.97. The van der Waals surface area contributed by atoms with Gasteiger partial charge in [0.1, 0.15) is 0 Å². The number of benzene rings is 1. The zero-order chi connectivity index (χ0) is 11.8. The van der Waals surface area contributed by atoms with Crippen molar-refractivity contribution in [3.8, 4) is 0 Å². The molecule has 0 fully saturated rings. The molecule has 1 aromatic carbocycles. The van der Waals surface area contributed by atoms with Gasteiger partial charge in [0.25, 0.3) is 0 Å². The molecule has 2 nitrogen and oxygen atoms in total. The lowest BCUT2D eigenvalue weighted by Crippen LogP contribution is -2.06. The lowest BCUT2D eigenvalue weighted by molar-refractivity contribution is 0.0920. The standard InChI is InChI=1S/C13H21NOS/c1-11(2)15-7-8-16-13-6-4-5-12(9-13)10-14-3/h4-6,9,11,14H,7-8,10H2,1-3H3. The minimum absolute atomic E-state index is 0.330. The fourth-order valence-corrected chi connectivity index (χ4v) is 2.22. The van der Waals surface area contributed by atoms with Crippen LogP contribution in [0.3, 0.4) is 0 Å². The van der Waals surface area contributed by atoms with Crippen molar-refractivity contribution in [1.82, 2.24) is 5.32 Å². The number of thioether (sulfide) groups is 1. The van der Waals surface area contributed by atoms with E-state index in [1.165, 1.54) is 10.5 Å². The smallest absolute Gasteiger partial charge is 0.0563 e. The van der Waals surface area contributed by atoms with E-state index in [2.05, 4.69) is 43.4 Å². The Hall–Kier alpha value is -0.510. The molecule has 0 aromatic heterocycles. The summed E-state index contributed by atoms with van der Waals surface area (Å²) in [6.45, 7) is 5.88. The average molecular weight is 239 g/mol. The molecule has 0 amide bonds. The first-order valence-electron chi connectivity index (χ1n) is 5.70. The Morgan fingerprint density at radius 1 is 1.38 bits per heavy atom.